The van der Waals surface area contributed by atoms with Crippen molar-refractivity contribution in [1.82, 2.24) is 14.8 Å². The van der Waals surface area contributed by atoms with E-state index >= 15 is 0 Å². The molecule has 0 aliphatic rings. The van der Waals surface area contributed by atoms with Crippen LogP contribution in [0.5, 0.6) is 0 Å². The van der Waals surface area contributed by atoms with Crippen molar-refractivity contribution >= 4 is 15.9 Å². The minimum Gasteiger partial charge on any atom is -0.314 e. The van der Waals surface area contributed by atoms with Crippen molar-refractivity contribution in [3.05, 3.63) is 11.6 Å². The zero-order valence-electron chi connectivity index (χ0n) is 10.0. The summed E-state index contributed by atoms with van der Waals surface area (Å²) in [6.45, 7) is 9.88. The molecule has 1 aromatic rings. The first-order chi connectivity index (χ1) is 6.98. The standard InChI is InChI=1S/C11H20BrN3/c1-5-6-15-9(7-11(2,3)4)13-14-10(15)8-12/h5-8H2,1-4H3. The lowest BCUT2D eigenvalue weighted by atomic mass is 9.92. The first kappa shape index (κ1) is 12.7. The molecule has 0 aliphatic carbocycles. The first-order valence-corrected chi connectivity index (χ1v) is 6.57. The normalized spacial score (nSPS) is 12.1. The molecule has 0 saturated heterocycles. The number of aromatic nitrogens is 3. The molecule has 1 aromatic heterocycles. The summed E-state index contributed by atoms with van der Waals surface area (Å²) in [6.07, 6.45) is 2.10. The summed E-state index contributed by atoms with van der Waals surface area (Å²) in [4.78, 5) is 0. The van der Waals surface area contributed by atoms with Gasteiger partial charge in [0.25, 0.3) is 0 Å². The highest BCUT2D eigenvalue weighted by molar-refractivity contribution is 9.08. The van der Waals surface area contributed by atoms with Gasteiger partial charge >= 0.3 is 0 Å². The van der Waals surface area contributed by atoms with E-state index in [0.29, 0.717) is 0 Å². The first-order valence-electron chi connectivity index (χ1n) is 5.45. The van der Waals surface area contributed by atoms with Gasteiger partial charge < -0.3 is 4.57 Å². The maximum atomic E-state index is 4.27. The van der Waals surface area contributed by atoms with Gasteiger partial charge in [-0.3, -0.25) is 0 Å². The number of halogens is 1. The van der Waals surface area contributed by atoms with Crippen LogP contribution in [0.1, 0.15) is 45.8 Å². The fourth-order valence-corrected chi connectivity index (χ4v) is 1.97. The Kier molecular flexibility index (Phi) is 4.32. The molecule has 15 heavy (non-hydrogen) atoms. The van der Waals surface area contributed by atoms with Crippen LogP contribution in [0.4, 0.5) is 0 Å². The summed E-state index contributed by atoms with van der Waals surface area (Å²) in [5, 5.41) is 9.26. The van der Waals surface area contributed by atoms with Gasteiger partial charge in [-0.1, -0.05) is 43.6 Å². The average Bonchev–Trinajstić information content (AvgIpc) is 2.47. The maximum Gasteiger partial charge on any atom is 0.143 e. The van der Waals surface area contributed by atoms with Crippen LogP contribution in [-0.4, -0.2) is 14.8 Å². The second-order valence-electron chi connectivity index (χ2n) is 5.06. The van der Waals surface area contributed by atoms with E-state index in [1.807, 2.05) is 0 Å². The molecule has 0 radical (unpaired) electrons. The smallest absolute Gasteiger partial charge is 0.143 e. The van der Waals surface area contributed by atoms with Crippen LogP contribution in [0.2, 0.25) is 0 Å². The third-order valence-corrected chi connectivity index (χ3v) is 2.66. The van der Waals surface area contributed by atoms with Crippen LogP contribution in [-0.2, 0) is 18.3 Å². The number of hydrogen-bond acceptors (Lipinski definition) is 2. The highest BCUT2D eigenvalue weighted by Gasteiger charge is 2.17. The molecule has 0 bridgehead atoms. The van der Waals surface area contributed by atoms with Gasteiger partial charge in [0.05, 0.1) is 5.33 Å². The maximum absolute atomic E-state index is 4.27. The molecule has 3 nitrogen and oxygen atoms in total. The van der Waals surface area contributed by atoms with Crippen LogP contribution in [0.25, 0.3) is 0 Å². The van der Waals surface area contributed by atoms with Gasteiger partial charge in [0, 0.05) is 13.0 Å². The summed E-state index contributed by atoms with van der Waals surface area (Å²) in [5.74, 6) is 2.15. The number of alkyl halides is 1. The third-order valence-electron chi connectivity index (χ3n) is 2.16. The molecule has 1 heterocycles. The molecule has 0 N–H and O–H groups in total. The molecule has 0 unspecified atom stereocenters. The second-order valence-corrected chi connectivity index (χ2v) is 5.62. The van der Waals surface area contributed by atoms with Gasteiger partial charge in [-0.25, -0.2) is 0 Å². The predicted molar refractivity (Wildman–Crippen MR) is 66.1 cm³/mol. The van der Waals surface area contributed by atoms with Crippen molar-refractivity contribution < 1.29 is 0 Å². The minimum atomic E-state index is 0.266. The molecule has 1 rings (SSSR count). The Hall–Kier alpha value is -0.380. The van der Waals surface area contributed by atoms with E-state index in [1.54, 1.807) is 0 Å². The van der Waals surface area contributed by atoms with Crippen LogP contribution in [0.15, 0.2) is 0 Å². The molecule has 0 saturated carbocycles. The average molecular weight is 274 g/mol. The Morgan fingerprint density at radius 3 is 2.27 bits per heavy atom. The van der Waals surface area contributed by atoms with Crippen molar-refractivity contribution in [3.8, 4) is 0 Å². The molecular weight excluding hydrogens is 254 g/mol. The Balaban J connectivity index is 2.91. The molecule has 0 fully saturated rings. The predicted octanol–water partition coefficient (Wildman–Crippen LogP) is 3.17. The summed E-state index contributed by atoms with van der Waals surface area (Å²) < 4.78 is 2.24. The lowest BCUT2D eigenvalue weighted by Crippen LogP contribution is -2.15. The van der Waals surface area contributed by atoms with Crippen LogP contribution in [0, 0.1) is 5.41 Å². The van der Waals surface area contributed by atoms with E-state index in [0.717, 1.165) is 36.4 Å². The zero-order chi connectivity index (χ0) is 11.5. The van der Waals surface area contributed by atoms with Gasteiger partial charge in [-0.05, 0) is 11.8 Å². The van der Waals surface area contributed by atoms with E-state index in [2.05, 4.69) is 58.4 Å². The van der Waals surface area contributed by atoms with Crippen LogP contribution in [0.3, 0.4) is 0 Å². The van der Waals surface area contributed by atoms with Crippen molar-refractivity contribution in [2.24, 2.45) is 5.41 Å². The van der Waals surface area contributed by atoms with Crippen molar-refractivity contribution in [2.75, 3.05) is 0 Å². The Morgan fingerprint density at radius 1 is 1.20 bits per heavy atom. The quantitative estimate of drug-likeness (QED) is 0.789. The number of rotatable bonds is 4. The van der Waals surface area contributed by atoms with Crippen LogP contribution < -0.4 is 0 Å². The lowest BCUT2D eigenvalue weighted by Gasteiger charge is -2.18. The van der Waals surface area contributed by atoms with E-state index in [9.17, 15) is 0 Å². The largest absolute Gasteiger partial charge is 0.314 e. The van der Waals surface area contributed by atoms with E-state index < -0.39 is 0 Å². The highest BCUT2D eigenvalue weighted by atomic mass is 79.9. The van der Waals surface area contributed by atoms with Gasteiger partial charge in [0.1, 0.15) is 11.6 Å². The van der Waals surface area contributed by atoms with E-state index in [4.69, 9.17) is 0 Å². The fraction of sp³-hybridized carbons (Fsp3) is 0.818. The van der Waals surface area contributed by atoms with Gasteiger partial charge in [-0.15, -0.1) is 10.2 Å². The van der Waals surface area contributed by atoms with Gasteiger partial charge in [-0.2, -0.15) is 0 Å². The lowest BCUT2D eigenvalue weighted by molar-refractivity contribution is 0.390. The molecule has 86 valence electrons. The number of nitrogens with zero attached hydrogens (tertiary/aromatic N) is 3. The van der Waals surface area contributed by atoms with E-state index in [1.165, 1.54) is 0 Å². The summed E-state index contributed by atoms with van der Waals surface area (Å²) >= 11 is 3.45. The van der Waals surface area contributed by atoms with Gasteiger partial charge in [0.15, 0.2) is 0 Å². The topological polar surface area (TPSA) is 30.7 Å². The molecule has 0 aromatic carbocycles. The summed E-state index contributed by atoms with van der Waals surface area (Å²) in [7, 11) is 0. The van der Waals surface area contributed by atoms with Crippen LogP contribution >= 0.6 is 15.9 Å². The minimum absolute atomic E-state index is 0.266. The molecule has 0 amide bonds. The highest BCUT2D eigenvalue weighted by Crippen LogP contribution is 2.20. The SMILES string of the molecule is CCCn1c(CBr)nnc1CC(C)(C)C. The van der Waals surface area contributed by atoms with Crippen molar-refractivity contribution in [2.45, 2.75) is 52.4 Å². The zero-order valence-corrected chi connectivity index (χ0v) is 11.6. The third kappa shape index (κ3) is 3.59. The number of hydrogen-bond donors (Lipinski definition) is 0. The fourth-order valence-electron chi connectivity index (χ4n) is 1.56. The second kappa shape index (κ2) is 5.10. The molecule has 0 spiro atoms. The van der Waals surface area contributed by atoms with Gasteiger partial charge in [0.2, 0.25) is 0 Å². The Labute approximate surface area is 100 Å². The monoisotopic (exact) mass is 273 g/mol. The summed E-state index contributed by atoms with van der Waals surface area (Å²) in [5.41, 5.74) is 0.266. The molecule has 4 heteroatoms. The Bertz CT molecular complexity index is 312. The summed E-state index contributed by atoms with van der Waals surface area (Å²) in [6, 6.07) is 0. The van der Waals surface area contributed by atoms with Crippen molar-refractivity contribution in [3.63, 3.8) is 0 Å². The molecule has 0 atom stereocenters. The molecular formula is C11H20BrN3. The van der Waals surface area contributed by atoms with Crippen molar-refractivity contribution in [1.29, 1.82) is 0 Å². The Morgan fingerprint density at radius 2 is 1.80 bits per heavy atom. The molecule has 0 aliphatic heterocycles. The van der Waals surface area contributed by atoms with E-state index in [-0.39, 0.29) is 5.41 Å².